The molecule has 0 amide bonds. The number of ether oxygens (including phenoxy) is 2. The minimum atomic E-state index is -1.31. The van der Waals surface area contributed by atoms with Crippen molar-refractivity contribution in [3.63, 3.8) is 0 Å². The van der Waals surface area contributed by atoms with E-state index in [4.69, 9.17) is 9.47 Å². The maximum absolute atomic E-state index is 11.1. The number of carbonyl (C=O) groups is 1. The number of hydrogen-bond donors (Lipinski definition) is 1. The van der Waals surface area contributed by atoms with Crippen LogP contribution in [0.25, 0.3) is 0 Å². The quantitative estimate of drug-likeness (QED) is 0.699. The van der Waals surface area contributed by atoms with E-state index in [-0.39, 0.29) is 30.4 Å². The molecule has 1 atom stereocenters. The monoisotopic (exact) mass is 355 g/mol. The predicted molar refractivity (Wildman–Crippen MR) is 91.6 cm³/mol. The number of hydrogen-bond acceptors (Lipinski definition) is 8. The summed E-state index contributed by atoms with van der Waals surface area (Å²) in [6, 6.07) is 1.54. The molecular weight excluding hydrogens is 332 g/mol. The molecular formula is C16H23N2O5S-. The zero-order valence-corrected chi connectivity index (χ0v) is 13.9. The molecule has 24 heavy (non-hydrogen) atoms. The highest BCUT2D eigenvalue weighted by atomic mass is 32.2. The third-order valence-electron chi connectivity index (χ3n) is 3.20. The van der Waals surface area contributed by atoms with Crippen LogP contribution in [0.15, 0.2) is 17.3 Å². The number of nitrogens with zero attached hydrogens (tertiary/aromatic N) is 2. The van der Waals surface area contributed by atoms with Gasteiger partial charge in [0.15, 0.2) is 11.5 Å². The highest BCUT2D eigenvalue weighted by Crippen LogP contribution is 2.36. The van der Waals surface area contributed by atoms with Gasteiger partial charge in [0.05, 0.1) is 12.6 Å². The van der Waals surface area contributed by atoms with Crippen molar-refractivity contribution in [2.75, 3.05) is 25.6 Å². The number of rotatable bonds is 8. The molecule has 0 bridgehead atoms. The highest BCUT2D eigenvalue weighted by Gasteiger charge is 2.34. The Labute approximate surface area is 146 Å². The molecule has 1 N–H and O–H groups in total. The summed E-state index contributed by atoms with van der Waals surface area (Å²) in [6.45, 7) is 4.87. The number of carboxylic acids is 1. The van der Waals surface area contributed by atoms with Crippen LogP contribution < -0.4 is 9.84 Å². The Balaban J connectivity index is 0.00000288. The van der Waals surface area contributed by atoms with Gasteiger partial charge in [0.1, 0.15) is 22.9 Å². The molecule has 2 heterocycles. The Kier molecular flexibility index (Phi) is 7.50. The summed E-state index contributed by atoms with van der Waals surface area (Å²) in [7, 11) is 0. The zero-order chi connectivity index (χ0) is 16.9. The fourth-order valence-electron chi connectivity index (χ4n) is 1.89. The second-order valence-electron chi connectivity index (χ2n) is 5.23. The molecule has 1 aliphatic heterocycles. The van der Waals surface area contributed by atoms with E-state index in [0.717, 1.165) is 6.42 Å². The van der Waals surface area contributed by atoms with E-state index in [9.17, 15) is 15.0 Å². The second kappa shape index (κ2) is 8.89. The number of aromatic hydroxyl groups is 1. The van der Waals surface area contributed by atoms with Crippen LogP contribution in [-0.4, -0.2) is 52.2 Å². The van der Waals surface area contributed by atoms with Crippen LogP contribution in [0.3, 0.4) is 0 Å². The minimum Gasteiger partial charge on any atom is -0.547 e. The molecule has 2 rings (SSSR count). The molecule has 0 saturated carbocycles. The lowest BCUT2D eigenvalue weighted by Crippen LogP contribution is -2.45. The predicted octanol–water partition coefficient (Wildman–Crippen LogP) is 1.23. The third kappa shape index (κ3) is 4.61. The molecule has 0 radical (unpaired) electrons. The van der Waals surface area contributed by atoms with Gasteiger partial charge in [-0.3, -0.25) is 4.99 Å². The lowest BCUT2D eigenvalue weighted by atomic mass is 10.1. The van der Waals surface area contributed by atoms with Crippen LogP contribution in [0.1, 0.15) is 33.4 Å². The van der Waals surface area contributed by atoms with Crippen LogP contribution in [0.2, 0.25) is 0 Å². The number of aliphatic imine (C=N–C) groups is 1. The Morgan fingerprint density at radius 2 is 2.21 bits per heavy atom. The number of aliphatic carboxylic acids is 1. The van der Waals surface area contributed by atoms with E-state index in [2.05, 4.69) is 9.98 Å². The van der Waals surface area contributed by atoms with Gasteiger partial charge in [-0.25, -0.2) is 4.98 Å². The zero-order valence-electron chi connectivity index (χ0n) is 13.1. The lowest BCUT2D eigenvalue weighted by molar-refractivity contribution is -0.311. The Morgan fingerprint density at radius 3 is 2.83 bits per heavy atom. The minimum absolute atomic E-state index is 0. The Morgan fingerprint density at radius 1 is 1.46 bits per heavy atom. The Bertz CT molecular complexity index is 608. The molecule has 0 fully saturated rings. The summed E-state index contributed by atoms with van der Waals surface area (Å²) in [5, 5.41) is 21.8. The fourth-order valence-corrected chi connectivity index (χ4v) is 3.04. The van der Waals surface area contributed by atoms with Gasteiger partial charge in [0.25, 0.3) is 0 Å². The number of pyridine rings is 1. The summed E-state index contributed by atoms with van der Waals surface area (Å²) in [6.07, 6.45) is 2.41. The Hall–Kier alpha value is -1.80. The first-order valence-electron chi connectivity index (χ1n) is 7.31. The van der Waals surface area contributed by atoms with Crippen molar-refractivity contribution in [1.29, 1.82) is 0 Å². The molecule has 7 nitrogen and oxygen atoms in total. The first-order valence-corrected chi connectivity index (χ1v) is 8.29. The topological polar surface area (TPSA) is 104 Å². The van der Waals surface area contributed by atoms with Gasteiger partial charge in [0, 0.05) is 24.6 Å². The van der Waals surface area contributed by atoms with Crippen molar-refractivity contribution in [3.05, 3.63) is 18.0 Å². The molecule has 134 valence electrons. The molecule has 8 heteroatoms. The first-order chi connectivity index (χ1) is 11.0. The van der Waals surface area contributed by atoms with Crippen LogP contribution in [0, 0.1) is 0 Å². The number of aromatic nitrogens is 1. The summed E-state index contributed by atoms with van der Waals surface area (Å²) < 4.78 is 10.8. The van der Waals surface area contributed by atoms with Crippen LogP contribution in [0.4, 0.5) is 0 Å². The van der Waals surface area contributed by atoms with E-state index in [1.807, 2.05) is 6.92 Å². The van der Waals surface area contributed by atoms with Crippen molar-refractivity contribution in [3.8, 4) is 11.5 Å². The van der Waals surface area contributed by atoms with E-state index in [0.29, 0.717) is 24.9 Å². The summed E-state index contributed by atoms with van der Waals surface area (Å²) in [4.78, 5) is 19.3. The number of carbonyl (C=O) groups excluding carboxylic acids is 1. The van der Waals surface area contributed by atoms with Gasteiger partial charge in [-0.2, -0.15) is 0 Å². The van der Waals surface area contributed by atoms with Crippen molar-refractivity contribution < 1.29 is 24.5 Å². The average molecular weight is 355 g/mol. The molecule has 1 aromatic heterocycles. The molecule has 0 aromatic carbocycles. The molecule has 1 aromatic rings. The molecule has 1 aliphatic rings. The van der Waals surface area contributed by atoms with Gasteiger partial charge in [0.2, 0.25) is 0 Å². The SMILES string of the molecule is C.CCCOCCOc1ccnc(C2=N[C@@](C)(C(=O)[O-])CS2)c1O. The normalized spacial score (nSPS) is 19.5. The van der Waals surface area contributed by atoms with Gasteiger partial charge in [-0.05, 0) is 13.3 Å². The largest absolute Gasteiger partial charge is 0.547 e. The van der Waals surface area contributed by atoms with Gasteiger partial charge in [-0.15, -0.1) is 11.8 Å². The molecule has 0 aliphatic carbocycles. The van der Waals surface area contributed by atoms with Gasteiger partial charge in [-0.1, -0.05) is 14.4 Å². The van der Waals surface area contributed by atoms with Crippen molar-refractivity contribution in [2.24, 2.45) is 4.99 Å². The number of carboxylic acid groups (broad SMARTS) is 1. The molecule has 0 unspecified atom stereocenters. The maximum Gasteiger partial charge on any atom is 0.186 e. The van der Waals surface area contributed by atoms with Crippen molar-refractivity contribution in [2.45, 2.75) is 33.2 Å². The summed E-state index contributed by atoms with van der Waals surface area (Å²) in [5.41, 5.74) is -1.09. The van der Waals surface area contributed by atoms with Gasteiger partial charge < -0.3 is 24.5 Å². The van der Waals surface area contributed by atoms with Crippen molar-refractivity contribution in [1.82, 2.24) is 4.98 Å². The number of thioether (sulfide) groups is 1. The first kappa shape index (κ1) is 20.2. The maximum atomic E-state index is 11.1. The average Bonchev–Trinajstić information content (AvgIpc) is 2.92. The van der Waals surface area contributed by atoms with Crippen LogP contribution in [0.5, 0.6) is 11.5 Å². The van der Waals surface area contributed by atoms with E-state index in [1.165, 1.54) is 30.9 Å². The molecule has 0 spiro atoms. The summed E-state index contributed by atoms with van der Waals surface area (Å²) >= 11 is 1.21. The van der Waals surface area contributed by atoms with E-state index < -0.39 is 11.5 Å². The highest BCUT2D eigenvalue weighted by molar-refractivity contribution is 8.14. The standard InChI is InChI=1S/C15H20N2O5S.CH4/c1-3-6-21-7-8-22-10-4-5-16-11(12(10)18)13-17-15(2,9-23-13)14(19)20;/h4-5,18H,3,6-9H2,1-2H3,(H,19,20);1H4/p-1/t15-;/m1./s1. The van der Waals surface area contributed by atoms with Crippen LogP contribution >= 0.6 is 11.8 Å². The summed E-state index contributed by atoms with van der Waals surface area (Å²) in [5.74, 6) is -0.904. The van der Waals surface area contributed by atoms with E-state index in [1.54, 1.807) is 0 Å². The molecule has 0 saturated heterocycles. The second-order valence-corrected chi connectivity index (χ2v) is 6.20. The third-order valence-corrected chi connectivity index (χ3v) is 4.47. The fraction of sp³-hybridized carbons (Fsp3) is 0.562. The van der Waals surface area contributed by atoms with E-state index >= 15 is 0 Å². The van der Waals surface area contributed by atoms with Crippen LogP contribution in [-0.2, 0) is 9.53 Å². The van der Waals surface area contributed by atoms with Crippen molar-refractivity contribution >= 4 is 22.8 Å². The smallest absolute Gasteiger partial charge is 0.186 e. The van der Waals surface area contributed by atoms with Gasteiger partial charge >= 0.3 is 0 Å². The lowest BCUT2D eigenvalue weighted by Gasteiger charge is -2.19.